The number of aromatic nitrogens is 2. The maximum Gasteiger partial charge on any atom is 0.212 e. The molecule has 1 N–H and O–H groups in total. The first-order chi connectivity index (χ1) is 5.38. The van der Waals surface area contributed by atoms with Crippen LogP contribution in [0.1, 0.15) is 13.3 Å². The second-order valence-electron chi connectivity index (χ2n) is 2.20. The Bertz CT molecular complexity index is 231. The molecule has 0 saturated carbocycles. The average Bonchev–Trinajstić information content (AvgIpc) is 2.39. The first-order valence-electron chi connectivity index (χ1n) is 3.60. The third kappa shape index (κ3) is 1.80. The van der Waals surface area contributed by atoms with Gasteiger partial charge in [0.05, 0.1) is 6.20 Å². The number of carbonyl (C=O) groups excluding carboxylic acids is 1. The van der Waals surface area contributed by atoms with E-state index in [1.165, 1.54) is 0 Å². The highest BCUT2D eigenvalue weighted by Crippen LogP contribution is 2.04. The Morgan fingerprint density at radius 2 is 2.64 bits per heavy atom. The zero-order valence-electron chi connectivity index (χ0n) is 6.45. The molecule has 1 rings (SSSR count). The van der Waals surface area contributed by atoms with E-state index in [0.717, 1.165) is 18.8 Å². The number of aryl methyl sites for hydroxylation is 1. The highest BCUT2D eigenvalue weighted by atomic mass is 16.1. The molecule has 1 amide bonds. The molecular weight excluding hydrogens is 142 g/mol. The van der Waals surface area contributed by atoms with E-state index in [0.29, 0.717) is 6.41 Å². The van der Waals surface area contributed by atoms with Crippen LogP contribution in [-0.2, 0) is 11.3 Å². The predicted octanol–water partition coefficient (Wildman–Crippen LogP) is 0.861. The van der Waals surface area contributed by atoms with Crippen molar-refractivity contribution < 1.29 is 4.79 Å². The molecule has 0 fully saturated rings. The topological polar surface area (TPSA) is 46.9 Å². The fraction of sp³-hybridized carbons (Fsp3) is 0.429. The summed E-state index contributed by atoms with van der Waals surface area (Å²) in [6.45, 7) is 2.90. The molecule has 0 radical (unpaired) electrons. The Morgan fingerprint density at radius 1 is 1.82 bits per heavy atom. The summed E-state index contributed by atoms with van der Waals surface area (Å²) in [4.78, 5) is 10.1. The third-order valence-electron chi connectivity index (χ3n) is 1.36. The van der Waals surface area contributed by atoms with Crippen molar-refractivity contribution in [2.45, 2.75) is 19.9 Å². The highest BCUT2D eigenvalue weighted by molar-refractivity contribution is 5.68. The van der Waals surface area contributed by atoms with Gasteiger partial charge in [-0.25, -0.2) is 4.68 Å². The molecule has 0 aliphatic carbocycles. The minimum atomic E-state index is 0.656. The minimum absolute atomic E-state index is 0.656. The lowest BCUT2D eigenvalue weighted by atomic mass is 10.5. The molecule has 0 spiro atoms. The lowest BCUT2D eigenvalue weighted by Gasteiger charge is -2.02. The molecule has 0 bridgehead atoms. The summed E-state index contributed by atoms with van der Waals surface area (Å²) in [7, 11) is 0. The normalized spacial score (nSPS) is 9.55. The van der Waals surface area contributed by atoms with Crippen LogP contribution in [0.25, 0.3) is 0 Å². The number of nitrogens with zero attached hydrogens (tertiary/aromatic N) is 2. The summed E-state index contributed by atoms with van der Waals surface area (Å²) in [5, 5.41) is 6.58. The van der Waals surface area contributed by atoms with E-state index in [1.807, 2.05) is 0 Å². The van der Waals surface area contributed by atoms with E-state index in [-0.39, 0.29) is 0 Å². The standard InChI is InChI=1S/C7H11N3O/c1-2-5-10-7(8-6-11)3-4-9-10/h3-4,6H,2,5H2,1H3,(H,8,11). The maximum atomic E-state index is 10.1. The van der Waals surface area contributed by atoms with Crippen molar-refractivity contribution in [3.8, 4) is 0 Å². The third-order valence-corrected chi connectivity index (χ3v) is 1.36. The Labute approximate surface area is 65.2 Å². The summed E-state index contributed by atoms with van der Waals surface area (Å²) in [5.74, 6) is 0.752. The lowest BCUT2D eigenvalue weighted by molar-refractivity contribution is -0.105. The summed E-state index contributed by atoms with van der Waals surface area (Å²) in [6.07, 6.45) is 3.33. The second kappa shape index (κ2) is 3.75. The summed E-state index contributed by atoms with van der Waals surface area (Å²) < 4.78 is 1.76. The van der Waals surface area contributed by atoms with Gasteiger partial charge in [0.2, 0.25) is 6.41 Å². The SMILES string of the molecule is CCCn1nccc1NC=O. The van der Waals surface area contributed by atoms with Crippen molar-refractivity contribution >= 4 is 12.2 Å². The summed E-state index contributed by atoms with van der Waals surface area (Å²) in [5.41, 5.74) is 0. The van der Waals surface area contributed by atoms with Gasteiger partial charge in [0.25, 0.3) is 0 Å². The molecule has 0 saturated heterocycles. The number of nitrogens with one attached hydrogen (secondary N) is 1. The van der Waals surface area contributed by atoms with Gasteiger partial charge < -0.3 is 5.32 Å². The van der Waals surface area contributed by atoms with E-state index in [1.54, 1.807) is 16.9 Å². The van der Waals surface area contributed by atoms with Crippen molar-refractivity contribution in [2.24, 2.45) is 0 Å². The van der Waals surface area contributed by atoms with Crippen LogP contribution in [-0.4, -0.2) is 16.2 Å². The molecule has 1 aromatic heterocycles. The van der Waals surface area contributed by atoms with E-state index < -0.39 is 0 Å². The molecule has 4 nitrogen and oxygen atoms in total. The van der Waals surface area contributed by atoms with Gasteiger partial charge in [0, 0.05) is 12.6 Å². The molecule has 60 valence electrons. The first-order valence-corrected chi connectivity index (χ1v) is 3.60. The Kier molecular flexibility index (Phi) is 2.66. The second-order valence-corrected chi connectivity index (χ2v) is 2.20. The molecule has 11 heavy (non-hydrogen) atoms. The van der Waals surface area contributed by atoms with Crippen LogP contribution < -0.4 is 5.32 Å². The summed E-state index contributed by atoms with van der Waals surface area (Å²) >= 11 is 0. The summed E-state index contributed by atoms with van der Waals surface area (Å²) in [6, 6.07) is 1.77. The van der Waals surface area contributed by atoms with Crippen LogP contribution in [0.4, 0.5) is 5.82 Å². The number of anilines is 1. The van der Waals surface area contributed by atoms with Crippen molar-refractivity contribution in [1.29, 1.82) is 0 Å². The maximum absolute atomic E-state index is 10.1. The van der Waals surface area contributed by atoms with E-state index in [9.17, 15) is 4.79 Å². The van der Waals surface area contributed by atoms with Crippen molar-refractivity contribution in [3.63, 3.8) is 0 Å². The van der Waals surface area contributed by atoms with Gasteiger partial charge in [-0.05, 0) is 6.42 Å². The van der Waals surface area contributed by atoms with Gasteiger partial charge >= 0.3 is 0 Å². The molecule has 1 aromatic rings. The van der Waals surface area contributed by atoms with Crippen molar-refractivity contribution in [3.05, 3.63) is 12.3 Å². The minimum Gasteiger partial charge on any atom is -0.314 e. The van der Waals surface area contributed by atoms with E-state index in [2.05, 4.69) is 17.3 Å². The highest BCUT2D eigenvalue weighted by Gasteiger charge is 1.97. The molecule has 0 aromatic carbocycles. The van der Waals surface area contributed by atoms with Gasteiger partial charge in [-0.3, -0.25) is 4.79 Å². The Hall–Kier alpha value is -1.32. The average molecular weight is 153 g/mol. The number of hydrogen-bond acceptors (Lipinski definition) is 2. The number of carbonyl (C=O) groups is 1. The number of amides is 1. The van der Waals surface area contributed by atoms with Crippen LogP contribution in [0.5, 0.6) is 0 Å². The molecule has 0 aliphatic heterocycles. The molecule has 0 aliphatic rings. The van der Waals surface area contributed by atoms with Gasteiger partial charge in [0.1, 0.15) is 5.82 Å². The smallest absolute Gasteiger partial charge is 0.212 e. The van der Waals surface area contributed by atoms with Crippen LogP contribution in [0.15, 0.2) is 12.3 Å². The lowest BCUT2D eigenvalue weighted by Crippen LogP contribution is -2.05. The zero-order chi connectivity index (χ0) is 8.10. The number of rotatable bonds is 4. The van der Waals surface area contributed by atoms with Crippen LogP contribution in [0, 0.1) is 0 Å². The first kappa shape index (κ1) is 7.78. The Balaban J connectivity index is 2.69. The zero-order valence-corrected chi connectivity index (χ0v) is 6.45. The monoisotopic (exact) mass is 153 g/mol. The largest absolute Gasteiger partial charge is 0.314 e. The van der Waals surface area contributed by atoms with Gasteiger partial charge in [-0.2, -0.15) is 5.10 Å². The van der Waals surface area contributed by atoms with Crippen molar-refractivity contribution in [2.75, 3.05) is 5.32 Å². The predicted molar refractivity (Wildman–Crippen MR) is 42.2 cm³/mol. The fourth-order valence-electron chi connectivity index (χ4n) is 0.906. The van der Waals surface area contributed by atoms with Gasteiger partial charge in [0.15, 0.2) is 0 Å². The molecule has 0 atom stereocenters. The van der Waals surface area contributed by atoms with Crippen LogP contribution >= 0.6 is 0 Å². The van der Waals surface area contributed by atoms with Crippen LogP contribution in [0.3, 0.4) is 0 Å². The van der Waals surface area contributed by atoms with E-state index >= 15 is 0 Å². The van der Waals surface area contributed by atoms with Crippen molar-refractivity contribution in [1.82, 2.24) is 9.78 Å². The fourth-order valence-corrected chi connectivity index (χ4v) is 0.906. The van der Waals surface area contributed by atoms with Gasteiger partial charge in [-0.1, -0.05) is 6.92 Å². The van der Waals surface area contributed by atoms with E-state index in [4.69, 9.17) is 0 Å². The van der Waals surface area contributed by atoms with Crippen LogP contribution in [0.2, 0.25) is 0 Å². The molecule has 0 unspecified atom stereocenters. The number of hydrogen-bond donors (Lipinski definition) is 1. The molecule has 4 heteroatoms. The van der Waals surface area contributed by atoms with Gasteiger partial charge in [-0.15, -0.1) is 0 Å². The molecular formula is C7H11N3O. The molecule has 1 heterocycles. The Morgan fingerprint density at radius 3 is 3.27 bits per heavy atom. The quantitative estimate of drug-likeness (QED) is 0.652.